The quantitative estimate of drug-likeness (QED) is 0.534. The van der Waals surface area contributed by atoms with Crippen LogP contribution in [0, 0.1) is 0 Å². The summed E-state index contributed by atoms with van der Waals surface area (Å²) in [5, 5.41) is 2.74. The van der Waals surface area contributed by atoms with Crippen molar-refractivity contribution in [1.82, 2.24) is 4.90 Å². The Bertz CT molecular complexity index is 403. The zero-order valence-corrected chi connectivity index (χ0v) is 7.54. The second-order valence-corrected chi connectivity index (χ2v) is 3.26. The van der Waals surface area contributed by atoms with E-state index in [0.29, 0.717) is 0 Å². The molecule has 0 N–H and O–H groups in total. The zero-order valence-electron chi connectivity index (χ0n) is 7.54. The minimum absolute atomic E-state index is 1.03. The minimum Gasteiger partial charge on any atom is -0.374 e. The standard InChI is InChI=1S/C11H13N/c1-9-11-6-4-3-5-10(11)7-8-12(9)2/h3-7H,8H2,1-2H3. The molecule has 2 rings (SSSR count). The van der Waals surface area contributed by atoms with Crippen LogP contribution in [0.2, 0.25) is 0 Å². The first kappa shape index (κ1) is 7.41. The fourth-order valence-corrected chi connectivity index (χ4v) is 1.58. The molecule has 0 fully saturated rings. The van der Waals surface area contributed by atoms with Crippen molar-refractivity contribution in [3.8, 4) is 0 Å². The van der Waals surface area contributed by atoms with Crippen LogP contribution in [-0.4, -0.2) is 18.5 Å². The summed E-state index contributed by atoms with van der Waals surface area (Å²) in [5.74, 6) is 0. The van der Waals surface area contributed by atoms with Crippen LogP contribution in [0.5, 0.6) is 0 Å². The first-order valence-corrected chi connectivity index (χ1v) is 4.26. The van der Waals surface area contributed by atoms with Crippen LogP contribution in [0.25, 0.3) is 11.8 Å². The molecule has 0 unspecified atom stereocenters. The van der Waals surface area contributed by atoms with Crippen molar-refractivity contribution in [2.45, 2.75) is 6.92 Å². The van der Waals surface area contributed by atoms with Crippen molar-refractivity contribution >= 4 is 11.8 Å². The molecule has 62 valence electrons. The Morgan fingerprint density at radius 1 is 1.25 bits per heavy atom. The fraction of sp³-hybridized carbons (Fsp3) is 0.273. The van der Waals surface area contributed by atoms with E-state index in [4.69, 9.17) is 0 Å². The van der Waals surface area contributed by atoms with E-state index >= 15 is 0 Å². The van der Waals surface area contributed by atoms with Gasteiger partial charge in [0, 0.05) is 24.5 Å². The van der Waals surface area contributed by atoms with Gasteiger partial charge in [-0.2, -0.15) is 0 Å². The molecule has 1 aliphatic rings. The van der Waals surface area contributed by atoms with Gasteiger partial charge in [0.25, 0.3) is 0 Å². The highest BCUT2D eigenvalue weighted by Crippen LogP contribution is 1.99. The molecule has 0 aromatic heterocycles. The van der Waals surface area contributed by atoms with E-state index in [0.717, 1.165) is 6.54 Å². The summed E-state index contributed by atoms with van der Waals surface area (Å²) in [7, 11) is 2.13. The van der Waals surface area contributed by atoms with Crippen LogP contribution < -0.4 is 10.4 Å². The summed E-state index contributed by atoms with van der Waals surface area (Å²) in [5.41, 5.74) is 1.37. The maximum Gasteiger partial charge on any atom is 0.0362 e. The molecule has 1 aromatic carbocycles. The molecule has 1 heteroatoms. The molecule has 0 bridgehead atoms. The van der Waals surface area contributed by atoms with Crippen molar-refractivity contribution < 1.29 is 0 Å². The Balaban J connectivity index is 2.83. The van der Waals surface area contributed by atoms with E-state index < -0.39 is 0 Å². The lowest BCUT2D eigenvalue weighted by molar-refractivity contribution is 0.534. The number of nitrogens with zero attached hydrogens (tertiary/aromatic N) is 1. The third-order valence-corrected chi connectivity index (χ3v) is 2.51. The number of hydrogen-bond donors (Lipinski definition) is 0. The Morgan fingerprint density at radius 3 is 2.83 bits per heavy atom. The van der Waals surface area contributed by atoms with E-state index in [9.17, 15) is 0 Å². The Hall–Kier alpha value is -1.24. The van der Waals surface area contributed by atoms with Gasteiger partial charge in [0.1, 0.15) is 0 Å². The molecule has 12 heavy (non-hydrogen) atoms. The van der Waals surface area contributed by atoms with Gasteiger partial charge in [-0.25, -0.2) is 0 Å². The number of hydrogen-bond acceptors (Lipinski definition) is 1. The predicted octanol–water partition coefficient (Wildman–Crippen LogP) is 0.541. The van der Waals surface area contributed by atoms with Gasteiger partial charge >= 0.3 is 0 Å². The summed E-state index contributed by atoms with van der Waals surface area (Å²) in [6.07, 6.45) is 2.27. The smallest absolute Gasteiger partial charge is 0.0362 e. The maximum atomic E-state index is 2.27. The molecule has 1 aliphatic heterocycles. The second kappa shape index (κ2) is 2.67. The summed E-state index contributed by atoms with van der Waals surface area (Å²) in [6, 6.07) is 8.53. The van der Waals surface area contributed by atoms with Gasteiger partial charge in [-0.05, 0) is 12.1 Å². The largest absolute Gasteiger partial charge is 0.374 e. The third kappa shape index (κ3) is 1.02. The molecular formula is C11H13N. The SMILES string of the molecule is CC1=c2ccccc2=CCN1C. The highest BCUT2D eigenvalue weighted by molar-refractivity contribution is 5.47. The second-order valence-electron chi connectivity index (χ2n) is 3.26. The monoisotopic (exact) mass is 159 g/mol. The van der Waals surface area contributed by atoms with E-state index in [1.54, 1.807) is 0 Å². The fourth-order valence-electron chi connectivity index (χ4n) is 1.58. The highest BCUT2D eigenvalue weighted by atomic mass is 15.1. The third-order valence-electron chi connectivity index (χ3n) is 2.51. The first-order chi connectivity index (χ1) is 5.79. The van der Waals surface area contributed by atoms with E-state index in [1.165, 1.54) is 16.1 Å². The summed E-state index contributed by atoms with van der Waals surface area (Å²) in [6.45, 7) is 3.20. The molecule has 0 saturated carbocycles. The Labute approximate surface area is 72.6 Å². The number of rotatable bonds is 0. The molecule has 0 radical (unpaired) electrons. The Kier molecular flexibility index (Phi) is 1.65. The van der Waals surface area contributed by atoms with Gasteiger partial charge in [-0.1, -0.05) is 30.3 Å². The minimum atomic E-state index is 1.03. The topological polar surface area (TPSA) is 3.24 Å². The lowest BCUT2D eigenvalue weighted by Crippen LogP contribution is -2.37. The van der Waals surface area contributed by atoms with Gasteiger partial charge in [-0.15, -0.1) is 0 Å². The lowest BCUT2D eigenvalue weighted by Gasteiger charge is -2.21. The molecule has 1 nitrogen and oxygen atoms in total. The summed E-state index contributed by atoms with van der Waals surface area (Å²) < 4.78 is 0. The van der Waals surface area contributed by atoms with Crippen molar-refractivity contribution in [2.75, 3.05) is 13.6 Å². The van der Waals surface area contributed by atoms with Gasteiger partial charge in [-0.3, -0.25) is 0 Å². The lowest BCUT2D eigenvalue weighted by atomic mass is 10.1. The highest BCUT2D eigenvalue weighted by Gasteiger charge is 2.02. The van der Waals surface area contributed by atoms with Crippen molar-refractivity contribution in [3.05, 3.63) is 34.7 Å². The molecule has 0 spiro atoms. The van der Waals surface area contributed by atoms with E-state index in [1.807, 2.05) is 0 Å². The molecule has 1 aromatic rings. The van der Waals surface area contributed by atoms with Gasteiger partial charge < -0.3 is 4.90 Å². The Morgan fingerprint density at radius 2 is 2.00 bits per heavy atom. The van der Waals surface area contributed by atoms with Crippen molar-refractivity contribution in [2.24, 2.45) is 0 Å². The van der Waals surface area contributed by atoms with Crippen molar-refractivity contribution in [1.29, 1.82) is 0 Å². The molecule has 0 atom stereocenters. The van der Waals surface area contributed by atoms with Crippen LogP contribution in [0.15, 0.2) is 24.3 Å². The maximum absolute atomic E-state index is 2.27. The zero-order chi connectivity index (χ0) is 8.55. The van der Waals surface area contributed by atoms with E-state index in [2.05, 4.69) is 49.2 Å². The summed E-state index contributed by atoms with van der Waals surface area (Å²) in [4.78, 5) is 2.27. The molecule has 0 saturated heterocycles. The average molecular weight is 159 g/mol. The summed E-state index contributed by atoms with van der Waals surface area (Å²) >= 11 is 0. The van der Waals surface area contributed by atoms with Crippen LogP contribution in [-0.2, 0) is 0 Å². The normalized spacial score (nSPS) is 15.5. The number of fused-ring (bicyclic) bond motifs is 1. The van der Waals surface area contributed by atoms with Crippen LogP contribution in [0.3, 0.4) is 0 Å². The van der Waals surface area contributed by atoms with Gasteiger partial charge in [0.05, 0.1) is 0 Å². The van der Waals surface area contributed by atoms with Gasteiger partial charge in [0.2, 0.25) is 0 Å². The van der Waals surface area contributed by atoms with Crippen LogP contribution in [0.4, 0.5) is 0 Å². The molecular weight excluding hydrogens is 146 g/mol. The molecule has 1 heterocycles. The van der Waals surface area contributed by atoms with Gasteiger partial charge in [0.15, 0.2) is 0 Å². The molecule has 0 aliphatic carbocycles. The van der Waals surface area contributed by atoms with E-state index in [-0.39, 0.29) is 0 Å². The van der Waals surface area contributed by atoms with Crippen LogP contribution >= 0.6 is 0 Å². The number of benzene rings is 1. The molecule has 0 amide bonds. The first-order valence-electron chi connectivity index (χ1n) is 4.26. The average Bonchev–Trinajstić information content (AvgIpc) is 2.12. The van der Waals surface area contributed by atoms with Crippen LogP contribution in [0.1, 0.15) is 6.92 Å². The van der Waals surface area contributed by atoms with Crippen molar-refractivity contribution in [3.63, 3.8) is 0 Å². The predicted molar refractivity (Wildman–Crippen MR) is 51.9 cm³/mol.